The molecule has 1 saturated carbocycles. The molecule has 0 aromatic carbocycles. The van der Waals surface area contributed by atoms with Crippen LogP contribution in [0.1, 0.15) is 12.8 Å². The van der Waals surface area contributed by atoms with Crippen molar-refractivity contribution >= 4 is 11.6 Å². The molecule has 3 heteroatoms. The van der Waals surface area contributed by atoms with Gasteiger partial charge in [0, 0.05) is 24.7 Å². The minimum absolute atomic E-state index is 0.463. The van der Waals surface area contributed by atoms with Crippen LogP contribution in [-0.4, -0.2) is 26.3 Å². The molecule has 0 spiro atoms. The first-order valence-electron chi connectivity index (χ1n) is 4.29. The Morgan fingerprint density at radius 1 is 1.75 bits per heavy atom. The van der Waals surface area contributed by atoms with E-state index in [0.717, 1.165) is 12.5 Å². The van der Waals surface area contributed by atoms with Gasteiger partial charge in [-0.3, -0.25) is 0 Å². The van der Waals surface area contributed by atoms with Crippen LogP contribution in [-0.2, 0) is 4.74 Å². The molecule has 2 nitrogen and oxygen atoms in total. The molecule has 1 aliphatic rings. The van der Waals surface area contributed by atoms with Gasteiger partial charge in [-0.05, 0) is 18.8 Å². The van der Waals surface area contributed by atoms with Crippen LogP contribution in [0, 0.1) is 5.92 Å². The molecule has 12 heavy (non-hydrogen) atoms. The molecule has 0 aromatic rings. The van der Waals surface area contributed by atoms with Crippen molar-refractivity contribution in [2.75, 3.05) is 20.3 Å². The van der Waals surface area contributed by atoms with Crippen LogP contribution in [0.2, 0.25) is 0 Å². The lowest BCUT2D eigenvalue weighted by molar-refractivity contribution is 0.159. The van der Waals surface area contributed by atoms with E-state index in [4.69, 9.17) is 16.3 Å². The Kier molecular flexibility index (Phi) is 4.06. The zero-order valence-electron chi connectivity index (χ0n) is 7.48. The van der Waals surface area contributed by atoms with E-state index in [-0.39, 0.29) is 0 Å². The van der Waals surface area contributed by atoms with Crippen LogP contribution in [0.4, 0.5) is 0 Å². The molecule has 0 heterocycles. The maximum absolute atomic E-state index is 5.65. The third-order valence-corrected chi connectivity index (χ3v) is 2.23. The van der Waals surface area contributed by atoms with Gasteiger partial charge >= 0.3 is 0 Å². The number of nitrogens with one attached hydrogen (secondary N) is 1. The van der Waals surface area contributed by atoms with E-state index in [1.54, 1.807) is 7.11 Å². The molecule has 1 rings (SSSR count). The molecule has 1 atom stereocenters. The van der Waals surface area contributed by atoms with Crippen molar-refractivity contribution in [3.63, 3.8) is 0 Å². The summed E-state index contributed by atoms with van der Waals surface area (Å²) in [6.07, 6.45) is 2.63. The van der Waals surface area contributed by atoms with Crippen molar-refractivity contribution in [1.29, 1.82) is 0 Å². The van der Waals surface area contributed by atoms with Crippen molar-refractivity contribution in [2.45, 2.75) is 18.9 Å². The number of hydrogen-bond acceptors (Lipinski definition) is 2. The summed E-state index contributed by atoms with van der Waals surface area (Å²) in [4.78, 5) is 0. The Balaban J connectivity index is 2.18. The SMILES string of the molecule is C=C(Cl)CNC(COC)C1CC1. The summed E-state index contributed by atoms with van der Waals surface area (Å²) in [5, 5.41) is 3.99. The van der Waals surface area contributed by atoms with Gasteiger partial charge in [0.25, 0.3) is 0 Å². The van der Waals surface area contributed by atoms with Crippen LogP contribution in [0.25, 0.3) is 0 Å². The average Bonchev–Trinajstić information content (AvgIpc) is 2.79. The third kappa shape index (κ3) is 3.57. The zero-order chi connectivity index (χ0) is 8.97. The second-order valence-electron chi connectivity index (χ2n) is 3.30. The van der Waals surface area contributed by atoms with E-state index in [1.165, 1.54) is 12.8 Å². The lowest BCUT2D eigenvalue weighted by atomic mass is 10.2. The second-order valence-corrected chi connectivity index (χ2v) is 3.83. The maximum Gasteiger partial charge on any atom is 0.0618 e. The molecular formula is C9H16ClNO. The molecule has 0 aliphatic heterocycles. The molecule has 0 radical (unpaired) electrons. The lowest BCUT2D eigenvalue weighted by Gasteiger charge is -2.16. The summed E-state index contributed by atoms with van der Waals surface area (Å²) in [6.45, 7) is 5.09. The van der Waals surface area contributed by atoms with E-state index in [1.807, 2.05) is 0 Å². The molecule has 1 unspecified atom stereocenters. The second kappa shape index (κ2) is 4.85. The van der Waals surface area contributed by atoms with Gasteiger partial charge in [-0.2, -0.15) is 0 Å². The standard InChI is InChI=1S/C9H16ClNO/c1-7(10)5-11-9(6-12-2)8-3-4-8/h8-9,11H,1,3-6H2,2H3. The van der Waals surface area contributed by atoms with E-state index in [0.29, 0.717) is 17.6 Å². The van der Waals surface area contributed by atoms with E-state index < -0.39 is 0 Å². The Hall–Kier alpha value is -0.0500. The normalized spacial score (nSPS) is 19.2. The summed E-state index contributed by atoms with van der Waals surface area (Å²) in [6, 6.07) is 0.463. The van der Waals surface area contributed by atoms with Crippen LogP contribution in [0.15, 0.2) is 11.6 Å². The van der Waals surface area contributed by atoms with Gasteiger partial charge < -0.3 is 10.1 Å². The predicted octanol–water partition coefficient (Wildman–Crippen LogP) is 1.75. The maximum atomic E-state index is 5.65. The monoisotopic (exact) mass is 189 g/mol. The van der Waals surface area contributed by atoms with Gasteiger partial charge in [-0.15, -0.1) is 0 Å². The minimum atomic E-state index is 0.463. The van der Waals surface area contributed by atoms with Gasteiger partial charge in [0.2, 0.25) is 0 Å². The van der Waals surface area contributed by atoms with Crippen molar-refractivity contribution < 1.29 is 4.74 Å². The highest BCUT2D eigenvalue weighted by molar-refractivity contribution is 6.29. The van der Waals surface area contributed by atoms with Crippen molar-refractivity contribution in [1.82, 2.24) is 5.32 Å². The summed E-state index contributed by atoms with van der Waals surface area (Å²) < 4.78 is 5.10. The number of methoxy groups -OCH3 is 1. The molecular weight excluding hydrogens is 174 g/mol. The van der Waals surface area contributed by atoms with Crippen LogP contribution < -0.4 is 5.32 Å². The molecule has 1 aliphatic carbocycles. The highest BCUT2D eigenvalue weighted by Gasteiger charge is 2.30. The van der Waals surface area contributed by atoms with Crippen molar-refractivity contribution in [3.05, 3.63) is 11.6 Å². The number of rotatable bonds is 6. The Morgan fingerprint density at radius 3 is 2.83 bits per heavy atom. The quantitative estimate of drug-likeness (QED) is 0.688. The van der Waals surface area contributed by atoms with Gasteiger partial charge in [-0.1, -0.05) is 18.2 Å². The Morgan fingerprint density at radius 2 is 2.42 bits per heavy atom. The summed E-state index contributed by atoms with van der Waals surface area (Å²) in [7, 11) is 1.73. The number of ether oxygens (including phenoxy) is 1. The third-order valence-electron chi connectivity index (χ3n) is 2.09. The van der Waals surface area contributed by atoms with E-state index in [9.17, 15) is 0 Å². The molecule has 0 saturated heterocycles. The summed E-state index contributed by atoms with van der Waals surface area (Å²) >= 11 is 5.65. The van der Waals surface area contributed by atoms with E-state index >= 15 is 0 Å². The topological polar surface area (TPSA) is 21.3 Å². The van der Waals surface area contributed by atoms with Crippen LogP contribution in [0.5, 0.6) is 0 Å². The fourth-order valence-corrected chi connectivity index (χ4v) is 1.36. The molecule has 70 valence electrons. The first-order valence-corrected chi connectivity index (χ1v) is 4.67. The van der Waals surface area contributed by atoms with Gasteiger partial charge in [0.05, 0.1) is 6.61 Å². The molecule has 1 fully saturated rings. The largest absolute Gasteiger partial charge is 0.383 e. The lowest BCUT2D eigenvalue weighted by Crippen LogP contribution is -2.35. The Bertz CT molecular complexity index is 157. The smallest absolute Gasteiger partial charge is 0.0618 e. The predicted molar refractivity (Wildman–Crippen MR) is 51.4 cm³/mol. The van der Waals surface area contributed by atoms with Gasteiger partial charge in [0.15, 0.2) is 0 Å². The highest BCUT2D eigenvalue weighted by atomic mass is 35.5. The zero-order valence-corrected chi connectivity index (χ0v) is 8.23. The first-order chi connectivity index (χ1) is 5.74. The van der Waals surface area contributed by atoms with Crippen LogP contribution >= 0.6 is 11.6 Å². The number of hydrogen-bond donors (Lipinski definition) is 1. The van der Waals surface area contributed by atoms with Gasteiger partial charge in [0.1, 0.15) is 0 Å². The molecule has 1 N–H and O–H groups in total. The Labute approximate surface area is 78.9 Å². The average molecular weight is 190 g/mol. The highest BCUT2D eigenvalue weighted by Crippen LogP contribution is 2.32. The number of halogens is 1. The summed E-state index contributed by atoms with van der Waals surface area (Å²) in [5.41, 5.74) is 0. The minimum Gasteiger partial charge on any atom is -0.383 e. The molecule has 0 amide bonds. The fourth-order valence-electron chi connectivity index (χ4n) is 1.28. The van der Waals surface area contributed by atoms with Crippen LogP contribution in [0.3, 0.4) is 0 Å². The van der Waals surface area contributed by atoms with E-state index in [2.05, 4.69) is 11.9 Å². The molecule has 0 bridgehead atoms. The summed E-state index contributed by atoms with van der Waals surface area (Å²) in [5.74, 6) is 0.793. The van der Waals surface area contributed by atoms with Crippen molar-refractivity contribution in [2.24, 2.45) is 5.92 Å². The molecule has 0 aromatic heterocycles. The van der Waals surface area contributed by atoms with Gasteiger partial charge in [-0.25, -0.2) is 0 Å². The fraction of sp³-hybridized carbons (Fsp3) is 0.778. The first kappa shape index (κ1) is 10.0. The van der Waals surface area contributed by atoms with Crippen molar-refractivity contribution in [3.8, 4) is 0 Å².